The molecule has 0 saturated carbocycles. The molecule has 0 aromatic carbocycles. The van der Waals surface area contributed by atoms with Crippen molar-refractivity contribution in [2.45, 2.75) is 58.3 Å². The number of likely N-dealkylation sites (tertiary alicyclic amines) is 1. The van der Waals surface area contributed by atoms with E-state index in [1.165, 1.54) is 25.5 Å². The van der Waals surface area contributed by atoms with Crippen molar-refractivity contribution in [1.29, 1.82) is 0 Å². The molecule has 0 amide bonds. The average Bonchev–Trinajstić information content (AvgIpc) is 2.45. The molecule has 2 rings (SSSR count). The van der Waals surface area contributed by atoms with E-state index in [9.17, 15) is 9.90 Å². The van der Waals surface area contributed by atoms with Crippen molar-refractivity contribution in [3.8, 4) is 5.75 Å². The molecule has 1 aromatic rings. The fraction of sp³-hybridized carbons (Fsp3) is 0.688. The van der Waals surface area contributed by atoms with Crippen molar-refractivity contribution in [3.05, 3.63) is 28.2 Å². The second-order valence-electron chi connectivity index (χ2n) is 6.00. The topological polar surface area (TPSA) is 54.7 Å². The van der Waals surface area contributed by atoms with Gasteiger partial charge in [0.1, 0.15) is 0 Å². The van der Waals surface area contributed by atoms with Gasteiger partial charge < -0.3 is 14.4 Å². The van der Waals surface area contributed by atoms with Crippen LogP contribution in [-0.4, -0.2) is 40.4 Å². The van der Waals surface area contributed by atoms with Crippen LogP contribution in [0.1, 0.15) is 38.8 Å². The van der Waals surface area contributed by atoms with E-state index in [0.717, 1.165) is 12.2 Å². The Hall–Kier alpha value is -1.33. The van der Waals surface area contributed by atoms with Crippen molar-refractivity contribution in [2.75, 3.05) is 13.7 Å². The van der Waals surface area contributed by atoms with E-state index in [1.54, 1.807) is 13.2 Å². The van der Waals surface area contributed by atoms with Crippen molar-refractivity contribution in [1.82, 2.24) is 9.47 Å². The molecule has 0 spiro atoms. The first kappa shape index (κ1) is 16.0. The van der Waals surface area contributed by atoms with Crippen LogP contribution in [-0.2, 0) is 17.8 Å². The smallest absolute Gasteiger partial charge is 0.223 e. The van der Waals surface area contributed by atoms with E-state index in [1.807, 2.05) is 4.57 Å². The zero-order chi connectivity index (χ0) is 15.4. The molecule has 1 saturated heterocycles. The summed E-state index contributed by atoms with van der Waals surface area (Å²) in [6.45, 7) is 6.42. The molecule has 2 unspecified atom stereocenters. The van der Waals surface area contributed by atoms with Gasteiger partial charge in [0, 0.05) is 44.0 Å². The van der Waals surface area contributed by atoms with Crippen LogP contribution in [0.25, 0.3) is 0 Å². The lowest BCUT2D eigenvalue weighted by molar-refractivity contribution is 0.0912. The summed E-state index contributed by atoms with van der Waals surface area (Å²) in [5.41, 5.74) is 0.631. The molecule has 0 aliphatic carbocycles. The highest BCUT2D eigenvalue weighted by molar-refractivity contribution is 5.20. The number of rotatable bonds is 5. The van der Waals surface area contributed by atoms with Gasteiger partial charge in [-0.15, -0.1) is 0 Å². The number of piperidine rings is 1. The lowest BCUT2D eigenvalue weighted by Gasteiger charge is -2.39. The molecule has 2 atom stereocenters. The maximum Gasteiger partial charge on any atom is 0.223 e. The Morgan fingerprint density at radius 2 is 2.00 bits per heavy atom. The van der Waals surface area contributed by atoms with Crippen LogP contribution in [0, 0.1) is 0 Å². The normalized spacial score (nSPS) is 23.4. The van der Waals surface area contributed by atoms with Gasteiger partial charge in [0.2, 0.25) is 5.43 Å². The highest BCUT2D eigenvalue weighted by Gasteiger charge is 2.25. The largest absolute Gasteiger partial charge is 0.503 e. The summed E-state index contributed by atoms with van der Waals surface area (Å²) in [5, 5.41) is 9.65. The fourth-order valence-electron chi connectivity index (χ4n) is 3.11. The molecule has 21 heavy (non-hydrogen) atoms. The highest BCUT2D eigenvalue weighted by Crippen LogP contribution is 2.24. The van der Waals surface area contributed by atoms with Gasteiger partial charge in [-0.05, 0) is 26.7 Å². The van der Waals surface area contributed by atoms with E-state index >= 15 is 0 Å². The quantitative estimate of drug-likeness (QED) is 0.902. The molecular weight excluding hydrogens is 268 g/mol. The first-order valence-electron chi connectivity index (χ1n) is 7.70. The SMILES string of the molecule is COCCn1cc(O)c(=O)cc1CN1C(C)CCCC1C. The first-order chi connectivity index (χ1) is 10.0. The number of hydrogen-bond donors (Lipinski definition) is 1. The Balaban J connectivity index is 2.24. The molecule has 1 aliphatic rings. The molecule has 1 aliphatic heterocycles. The van der Waals surface area contributed by atoms with Crippen molar-refractivity contribution >= 4 is 0 Å². The monoisotopic (exact) mass is 294 g/mol. The zero-order valence-electron chi connectivity index (χ0n) is 13.2. The number of methoxy groups -OCH3 is 1. The van der Waals surface area contributed by atoms with Gasteiger partial charge in [-0.25, -0.2) is 0 Å². The van der Waals surface area contributed by atoms with Crippen LogP contribution in [0.15, 0.2) is 17.1 Å². The second-order valence-corrected chi connectivity index (χ2v) is 6.00. The first-order valence-corrected chi connectivity index (χ1v) is 7.70. The predicted molar refractivity (Wildman–Crippen MR) is 82.6 cm³/mol. The standard InChI is InChI=1S/C16H26N2O3/c1-12-5-4-6-13(2)18(12)10-14-9-15(19)16(20)11-17(14)7-8-21-3/h9,11-13,20H,4-8,10H2,1-3H3. The molecule has 5 heteroatoms. The molecule has 1 fully saturated rings. The van der Waals surface area contributed by atoms with E-state index in [2.05, 4.69) is 18.7 Å². The maximum absolute atomic E-state index is 11.8. The summed E-state index contributed by atoms with van der Waals surface area (Å²) in [7, 11) is 1.65. The van der Waals surface area contributed by atoms with Crippen LogP contribution in [0.5, 0.6) is 5.75 Å². The predicted octanol–water partition coefficient (Wildman–Crippen LogP) is 1.96. The Morgan fingerprint density at radius 1 is 1.33 bits per heavy atom. The number of pyridine rings is 1. The summed E-state index contributed by atoms with van der Waals surface area (Å²) < 4.78 is 7.03. The van der Waals surface area contributed by atoms with Gasteiger partial charge in [0.15, 0.2) is 5.75 Å². The van der Waals surface area contributed by atoms with Crippen LogP contribution >= 0.6 is 0 Å². The number of aromatic hydroxyl groups is 1. The minimum absolute atomic E-state index is 0.199. The summed E-state index contributed by atoms with van der Waals surface area (Å²) in [5.74, 6) is -0.199. The molecule has 0 radical (unpaired) electrons. The lowest BCUT2D eigenvalue weighted by Crippen LogP contribution is -2.43. The third-order valence-corrected chi connectivity index (χ3v) is 4.45. The van der Waals surface area contributed by atoms with Gasteiger partial charge in [-0.1, -0.05) is 6.42 Å². The minimum Gasteiger partial charge on any atom is -0.503 e. The molecule has 1 aromatic heterocycles. The Labute approximate surface area is 126 Å². The fourth-order valence-corrected chi connectivity index (χ4v) is 3.11. The van der Waals surface area contributed by atoms with Crippen LogP contribution in [0.2, 0.25) is 0 Å². The zero-order valence-corrected chi connectivity index (χ0v) is 13.2. The summed E-state index contributed by atoms with van der Waals surface area (Å²) >= 11 is 0. The number of ether oxygens (including phenoxy) is 1. The number of nitrogens with zero attached hydrogens (tertiary/aromatic N) is 2. The van der Waals surface area contributed by atoms with Gasteiger partial charge in [0.25, 0.3) is 0 Å². The van der Waals surface area contributed by atoms with Crippen molar-refractivity contribution in [2.24, 2.45) is 0 Å². The maximum atomic E-state index is 11.8. The van der Waals surface area contributed by atoms with Crippen LogP contribution < -0.4 is 5.43 Å². The van der Waals surface area contributed by atoms with Gasteiger partial charge in [-0.3, -0.25) is 9.69 Å². The number of aromatic nitrogens is 1. The van der Waals surface area contributed by atoms with E-state index < -0.39 is 0 Å². The van der Waals surface area contributed by atoms with Crippen molar-refractivity contribution in [3.63, 3.8) is 0 Å². The molecule has 2 heterocycles. The van der Waals surface area contributed by atoms with Gasteiger partial charge in [-0.2, -0.15) is 0 Å². The molecular formula is C16H26N2O3. The van der Waals surface area contributed by atoms with E-state index in [4.69, 9.17) is 4.74 Å². The summed E-state index contributed by atoms with van der Waals surface area (Å²) in [4.78, 5) is 14.2. The minimum atomic E-state index is -0.309. The highest BCUT2D eigenvalue weighted by atomic mass is 16.5. The van der Waals surface area contributed by atoms with Crippen molar-refractivity contribution < 1.29 is 9.84 Å². The van der Waals surface area contributed by atoms with Gasteiger partial charge in [0.05, 0.1) is 12.8 Å². The molecule has 118 valence electrons. The summed E-state index contributed by atoms with van der Waals surface area (Å²) in [6, 6.07) is 2.60. The lowest BCUT2D eigenvalue weighted by atomic mass is 9.97. The van der Waals surface area contributed by atoms with E-state index in [0.29, 0.717) is 25.2 Å². The summed E-state index contributed by atoms with van der Waals surface area (Å²) in [6.07, 6.45) is 5.19. The Bertz CT molecular complexity index is 517. The second kappa shape index (κ2) is 7.09. The average molecular weight is 294 g/mol. The Morgan fingerprint density at radius 3 is 2.62 bits per heavy atom. The third kappa shape index (κ3) is 3.86. The Kier molecular flexibility index (Phi) is 5.42. The molecule has 0 bridgehead atoms. The molecule has 1 N–H and O–H groups in total. The third-order valence-electron chi connectivity index (χ3n) is 4.45. The van der Waals surface area contributed by atoms with Crippen LogP contribution in [0.3, 0.4) is 0 Å². The van der Waals surface area contributed by atoms with Gasteiger partial charge >= 0.3 is 0 Å². The van der Waals surface area contributed by atoms with E-state index in [-0.39, 0.29) is 11.2 Å². The molecule has 5 nitrogen and oxygen atoms in total. The van der Waals surface area contributed by atoms with Crippen LogP contribution in [0.4, 0.5) is 0 Å². The number of hydrogen-bond acceptors (Lipinski definition) is 4.